The monoisotopic (exact) mass is 288 g/mol. The molecule has 0 spiro atoms. The highest BCUT2D eigenvalue weighted by atomic mass is 16.6. The number of benzene rings is 1. The second-order valence-corrected chi connectivity index (χ2v) is 4.70. The number of carbonyl (C=O) groups is 1. The van der Waals surface area contributed by atoms with E-state index in [-0.39, 0.29) is 16.9 Å². The fraction of sp³-hybridized carbons (Fsp3) is 0.286. The molecule has 0 bridgehead atoms. The maximum atomic E-state index is 11.9. The van der Waals surface area contributed by atoms with Crippen molar-refractivity contribution >= 4 is 17.3 Å². The van der Waals surface area contributed by atoms with Crippen LogP contribution in [0.15, 0.2) is 36.0 Å². The number of nitrogens with one attached hydrogen (secondary N) is 2. The third-order valence-corrected chi connectivity index (χ3v) is 2.49. The van der Waals surface area contributed by atoms with Crippen LogP contribution in [-0.2, 0) is 4.79 Å². The summed E-state index contributed by atoms with van der Waals surface area (Å²) in [4.78, 5) is 22.2. The van der Waals surface area contributed by atoms with Crippen LogP contribution in [0.4, 0.5) is 11.4 Å². The number of hydrogen-bond donors (Lipinski definition) is 2. The lowest BCUT2D eigenvalue weighted by molar-refractivity contribution is -0.383. The van der Waals surface area contributed by atoms with Gasteiger partial charge in [0.05, 0.1) is 4.92 Å². The molecule has 0 saturated heterocycles. The Hall–Kier alpha value is -2.88. The Balaban J connectivity index is 2.85. The predicted octanol–water partition coefficient (Wildman–Crippen LogP) is 2.19. The average Bonchev–Trinajstić information content (AvgIpc) is 2.43. The molecule has 2 N–H and O–H groups in total. The van der Waals surface area contributed by atoms with Gasteiger partial charge in [-0.15, -0.1) is 0 Å². The molecule has 21 heavy (non-hydrogen) atoms. The van der Waals surface area contributed by atoms with Gasteiger partial charge in [-0.3, -0.25) is 14.9 Å². The fourth-order valence-electron chi connectivity index (χ4n) is 1.47. The SMILES string of the molecule is CC(C)CN/C=C(/C#N)C(=O)Nc1ccccc1[N+](=O)[O-]. The van der Waals surface area contributed by atoms with E-state index in [9.17, 15) is 14.9 Å². The first-order valence-corrected chi connectivity index (χ1v) is 6.34. The van der Waals surface area contributed by atoms with Gasteiger partial charge in [0.2, 0.25) is 0 Å². The Morgan fingerprint density at radius 2 is 2.14 bits per heavy atom. The number of nitro groups is 1. The van der Waals surface area contributed by atoms with Crippen molar-refractivity contribution in [2.75, 3.05) is 11.9 Å². The zero-order chi connectivity index (χ0) is 15.8. The third kappa shape index (κ3) is 4.95. The van der Waals surface area contributed by atoms with Crippen molar-refractivity contribution in [2.45, 2.75) is 13.8 Å². The van der Waals surface area contributed by atoms with Crippen LogP contribution >= 0.6 is 0 Å². The molecular weight excluding hydrogens is 272 g/mol. The first-order valence-electron chi connectivity index (χ1n) is 6.34. The third-order valence-electron chi connectivity index (χ3n) is 2.49. The second kappa shape index (κ2) is 7.65. The van der Waals surface area contributed by atoms with Gasteiger partial charge < -0.3 is 10.6 Å². The lowest BCUT2D eigenvalue weighted by Gasteiger charge is -2.06. The van der Waals surface area contributed by atoms with Gasteiger partial charge in [-0.05, 0) is 12.0 Å². The van der Waals surface area contributed by atoms with E-state index in [2.05, 4.69) is 10.6 Å². The van der Waals surface area contributed by atoms with Crippen LogP contribution in [0, 0.1) is 27.4 Å². The van der Waals surface area contributed by atoms with Gasteiger partial charge in [0.1, 0.15) is 17.3 Å². The molecule has 0 atom stereocenters. The van der Waals surface area contributed by atoms with Crippen molar-refractivity contribution in [3.8, 4) is 6.07 Å². The maximum absolute atomic E-state index is 11.9. The number of carbonyl (C=O) groups excluding carboxylic acids is 1. The summed E-state index contributed by atoms with van der Waals surface area (Å²) in [6, 6.07) is 7.51. The zero-order valence-corrected chi connectivity index (χ0v) is 11.8. The molecule has 0 radical (unpaired) electrons. The number of nitriles is 1. The molecule has 1 aromatic carbocycles. The van der Waals surface area contributed by atoms with Gasteiger partial charge in [-0.1, -0.05) is 26.0 Å². The lowest BCUT2D eigenvalue weighted by Crippen LogP contribution is -2.19. The lowest BCUT2D eigenvalue weighted by atomic mass is 10.2. The van der Waals surface area contributed by atoms with Crippen LogP contribution in [-0.4, -0.2) is 17.4 Å². The van der Waals surface area contributed by atoms with Crippen LogP contribution in [0.1, 0.15) is 13.8 Å². The van der Waals surface area contributed by atoms with E-state index in [1.54, 1.807) is 12.1 Å². The number of para-hydroxylation sites is 2. The minimum absolute atomic E-state index is 0.0532. The summed E-state index contributed by atoms with van der Waals surface area (Å²) in [7, 11) is 0. The van der Waals surface area contributed by atoms with E-state index in [1.165, 1.54) is 24.4 Å². The summed E-state index contributed by atoms with van der Waals surface area (Å²) in [5, 5.41) is 25.0. The van der Waals surface area contributed by atoms with Gasteiger partial charge >= 0.3 is 0 Å². The highest BCUT2D eigenvalue weighted by molar-refractivity contribution is 6.07. The minimum atomic E-state index is -0.692. The van der Waals surface area contributed by atoms with Crippen LogP contribution in [0.3, 0.4) is 0 Å². The summed E-state index contributed by atoms with van der Waals surface area (Å²) in [5.41, 5.74) is -0.315. The summed E-state index contributed by atoms with van der Waals surface area (Å²) in [6.07, 6.45) is 1.31. The second-order valence-electron chi connectivity index (χ2n) is 4.70. The van der Waals surface area contributed by atoms with Crippen LogP contribution in [0.5, 0.6) is 0 Å². The van der Waals surface area contributed by atoms with E-state index in [4.69, 9.17) is 5.26 Å². The van der Waals surface area contributed by atoms with Crippen molar-refractivity contribution in [1.29, 1.82) is 5.26 Å². The summed E-state index contributed by atoms with van der Waals surface area (Å²) in [5.74, 6) is -0.331. The molecule has 0 heterocycles. The van der Waals surface area contributed by atoms with E-state index in [0.29, 0.717) is 12.5 Å². The molecule has 0 aromatic heterocycles. The van der Waals surface area contributed by atoms with E-state index in [1.807, 2.05) is 13.8 Å². The van der Waals surface area contributed by atoms with Crippen LogP contribution < -0.4 is 10.6 Å². The Kier molecular flexibility index (Phi) is 5.89. The summed E-state index contributed by atoms with van der Waals surface area (Å²) >= 11 is 0. The quantitative estimate of drug-likeness (QED) is 0.361. The van der Waals surface area contributed by atoms with Crippen molar-refractivity contribution in [1.82, 2.24) is 5.32 Å². The first kappa shape index (κ1) is 16.2. The Morgan fingerprint density at radius 3 is 2.71 bits per heavy atom. The number of nitro benzene ring substituents is 1. The molecule has 1 aromatic rings. The smallest absolute Gasteiger partial charge is 0.292 e. The Morgan fingerprint density at radius 1 is 1.48 bits per heavy atom. The van der Waals surface area contributed by atoms with Crippen molar-refractivity contribution in [3.63, 3.8) is 0 Å². The first-order chi connectivity index (χ1) is 9.95. The molecule has 0 aliphatic carbocycles. The van der Waals surface area contributed by atoms with Gasteiger partial charge in [0, 0.05) is 18.8 Å². The molecule has 7 heteroatoms. The topological polar surface area (TPSA) is 108 Å². The molecule has 0 saturated carbocycles. The predicted molar refractivity (Wildman–Crippen MR) is 78.3 cm³/mol. The molecule has 1 amide bonds. The standard InChI is InChI=1S/C14H16N4O3/c1-10(2)8-16-9-11(7-15)14(19)17-12-5-3-4-6-13(12)18(20)21/h3-6,9-10,16H,8H2,1-2H3,(H,17,19)/b11-9-. The van der Waals surface area contributed by atoms with Gasteiger partial charge in [0.25, 0.3) is 11.6 Å². The molecular formula is C14H16N4O3. The Bertz CT molecular complexity index is 602. The molecule has 7 nitrogen and oxygen atoms in total. The molecule has 0 unspecified atom stereocenters. The summed E-state index contributed by atoms with van der Waals surface area (Å²) in [6.45, 7) is 4.59. The highest BCUT2D eigenvalue weighted by Gasteiger charge is 2.16. The van der Waals surface area contributed by atoms with Crippen LogP contribution in [0.2, 0.25) is 0 Å². The number of rotatable bonds is 6. The van der Waals surface area contributed by atoms with E-state index in [0.717, 1.165) is 0 Å². The minimum Gasteiger partial charge on any atom is -0.389 e. The maximum Gasteiger partial charge on any atom is 0.292 e. The summed E-state index contributed by atoms with van der Waals surface area (Å²) < 4.78 is 0. The van der Waals surface area contributed by atoms with Crippen LogP contribution in [0.25, 0.3) is 0 Å². The highest BCUT2D eigenvalue weighted by Crippen LogP contribution is 2.23. The molecule has 0 fully saturated rings. The van der Waals surface area contributed by atoms with Gasteiger partial charge in [0.15, 0.2) is 0 Å². The average molecular weight is 288 g/mol. The molecule has 110 valence electrons. The number of amides is 1. The molecule has 0 aliphatic rings. The normalized spacial score (nSPS) is 10.9. The van der Waals surface area contributed by atoms with Crippen molar-refractivity contribution < 1.29 is 9.72 Å². The van der Waals surface area contributed by atoms with Gasteiger partial charge in [-0.2, -0.15) is 5.26 Å². The van der Waals surface area contributed by atoms with E-state index < -0.39 is 10.8 Å². The Labute approximate surface area is 122 Å². The zero-order valence-electron chi connectivity index (χ0n) is 11.8. The number of anilines is 1. The van der Waals surface area contributed by atoms with Crippen molar-refractivity contribution in [2.24, 2.45) is 5.92 Å². The van der Waals surface area contributed by atoms with Gasteiger partial charge in [-0.25, -0.2) is 0 Å². The van der Waals surface area contributed by atoms with E-state index >= 15 is 0 Å². The van der Waals surface area contributed by atoms with Crippen molar-refractivity contribution in [3.05, 3.63) is 46.2 Å². The fourth-order valence-corrected chi connectivity index (χ4v) is 1.47. The molecule has 1 rings (SSSR count). The number of nitrogens with zero attached hydrogens (tertiary/aromatic N) is 2. The number of hydrogen-bond acceptors (Lipinski definition) is 5. The molecule has 0 aliphatic heterocycles. The largest absolute Gasteiger partial charge is 0.389 e.